The van der Waals surface area contributed by atoms with Gasteiger partial charge in [0, 0.05) is 18.8 Å². The Kier molecular flexibility index (Phi) is 3.15. The first-order valence-corrected chi connectivity index (χ1v) is 6.61. The van der Waals surface area contributed by atoms with Gasteiger partial charge in [0.05, 0.1) is 12.2 Å². The zero-order valence-corrected chi connectivity index (χ0v) is 10.8. The van der Waals surface area contributed by atoms with Crippen LogP contribution in [0.5, 0.6) is 0 Å². The molecule has 3 heteroatoms. The molecule has 0 aliphatic heterocycles. The lowest BCUT2D eigenvalue weighted by atomic mass is 10.1. The van der Waals surface area contributed by atoms with E-state index in [1.165, 1.54) is 29.7 Å². The second-order valence-electron chi connectivity index (χ2n) is 5.12. The molecule has 1 fully saturated rings. The number of rotatable bonds is 5. The number of aromatic nitrogens is 2. The molecule has 0 radical (unpaired) electrons. The highest BCUT2D eigenvalue weighted by molar-refractivity contribution is 5.22. The summed E-state index contributed by atoms with van der Waals surface area (Å²) in [5.41, 5.74) is 3.88. The fraction of sp³-hybridized carbons (Fsp3) is 0.400. The van der Waals surface area contributed by atoms with Gasteiger partial charge < -0.3 is 5.32 Å². The molecule has 94 valence electrons. The zero-order chi connectivity index (χ0) is 12.4. The average molecular weight is 241 g/mol. The third kappa shape index (κ3) is 2.79. The minimum atomic E-state index is 0.743. The minimum Gasteiger partial charge on any atom is -0.308 e. The smallest absolute Gasteiger partial charge is 0.0663 e. The molecular weight excluding hydrogens is 222 g/mol. The van der Waals surface area contributed by atoms with E-state index in [9.17, 15) is 0 Å². The summed E-state index contributed by atoms with van der Waals surface area (Å²) in [5.74, 6) is 0. The predicted octanol–water partition coefficient (Wildman–Crippen LogP) is 2.49. The fourth-order valence-corrected chi connectivity index (χ4v) is 2.17. The van der Waals surface area contributed by atoms with Crippen LogP contribution < -0.4 is 5.32 Å². The van der Waals surface area contributed by atoms with Gasteiger partial charge in [-0.05, 0) is 31.4 Å². The van der Waals surface area contributed by atoms with Crippen molar-refractivity contribution in [3.05, 3.63) is 53.3 Å². The van der Waals surface area contributed by atoms with Crippen molar-refractivity contribution >= 4 is 0 Å². The zero-order valence-electron chi connectivity index (χ0n) is 10.8. The summed E-state index contributed by atoms with van der Waals surface area (Å²) in [6.45, 7) is 3.91. The molecule has 18 heavy (non-hydrogen) atoms. The third-order valence-corrected chi connectivity index (χ3v) is 3.37. The van der Waals surface area contributed by atoms with Gasteiger partial charge in [-0.15, -0.1) is 0 Å². The van der Waals surface area contributed by atoms with E-state index in [1.807, 2.05) is 6.20 Å². The summed E-state index contributed by atoms with van der Waals surface area (Å²) < 4.78 is 2.09. The quantitative estimate of drug-likeness (QED) is 0.871. The molecule has 1 aromatic carbocycles. The highest BCUT2D eigenvalue weighted by atomic mass is 15.3. The van der Waals surface area contributed by atoms with E-state index in [4.69, 9.17) is 0 Å². The molecule has 2 aromatic rings. The molecule has 3 nitrogen and oxygen atoms in total. The molecule has 1 aliphatic rings. The van der Waals surface area contributed by atoms with E-state index in [2.05, 4.69) is 52.4 Å². The van der Waals surface area contributed by atoms with Crippen molar-refractivity contribution in [3.8, 4) is 0 Å². The highest BCUT2D eigenvalue weighted by Crippen LogP contribution is 2.19. The van der Waals surface area contributed by atoms with Crippen molar-refractivity contribution in [3.63, 3.8) is 0 Å². The van der Waals surface area contributed by atoms with E-state index in [0.29, 0.717) is 0 Å². The van der Waals surface area contributed by atoms with Crippen molar-refractivity contribution in [1.29, 1.82) is 0 Å². The molecular formula is C15H19N3. The fourth-order valence-electron chi connectivity index (χ4n) is 2.17. The van der Waals surface area contributed by atoms with Crippen LogP contribution in [0, 0.1) is 6.92 Å². The number of aryl methyl sites for hydroxylation is 1. The van der Waals surface area contributed by atoms with Crippen LogP contribution in [-0.2, 0) is 13.1 Å². The summed E-state index contributed by atoms with van der Waals surface area (Å²) in [4.78, 5) is 0. The van der Waals surface area contributed by atoms with Crippen LogP contribution in [0.15, 0.2) is 36.5 Å². The standard InChI is InChI=1S/C15H19N3/c1-12-3-2-4-13(9-12)11-18-15(7-8-17-18)10-16-14-5-6-14/h2-4,7-9,14,16H,5-6,10-11H2,1H3. The van der Waals surface area contributed by atoms with Gasteiger partial charge in [0.1, 0.15) is 0 Å². The van der Waals surface area contributed by atoms with Crippen LogP contribution in [0.25, 0.3) is 0 Å². The van der Waals surface area contributed by atoms with Gasteiger partial charge >= 0.3 is 0 Å². The Balaban J connectivity index is 1.69. The molecule has 1 aromatic heterocycles. The Morgan fingerprint density at radius 1 is 1.33 bits per heavy atom. The molecule has 0 bridgehead atoms. The first kappa shape index (κ1) is 11.5. The SMILES string of the molecule is Cc1cccc(Cn2nccc2CNC2CC2)c1. The Bertz CT molecular complexity index is 526. The average Bonchev–Trinajstić information content (AvgIpc) is 3.08. The molecule has 1 N–H and O–H groups in total. The number of hydrogen-bond acceptors (Lipinski definition) is 2. The van der Waals surface area contributed by atoms with Crippen LogP contribution in [0.4, 0.5) is 0 Å². The monoisotopic (exact) mass is 241 g/mol. The van der Waals surface area contributed by atoms with Crippen molar-refractivity contribution in [1.82, 2.24) is 15.1 Å². The molecule has 0 saturated heterocycles. The van der Waals surface area contributed by atoms with Gasteiger partial charge in [0.25, 0.3) is 0 Å². The summed E-state index contributed by atoms with van der Waals surface area (Å²) in [6, 6.07) is 11.5. The maximum Gasteiger partial charge on any atom is 0.0663 e. The molecule has 1 heterocycles. The van der Waals surface area contributed by atoms with Gasteiger partial charge in [-0.2, -0.15) is 5.10 Å². The molecule has 0 atom stereocenters. The number of nitrogens with zero attached hydrogens (tertiary/aromatic N) is 2. The number of nitrogens with one attached hydrogen (secondary N) is 1. The maximum absolute atomic E-state index is 4.42. The van der Waals surface area contributed by atoms with Crippen LogP contribution >= 0.6 is 0 Å². The lowest BCUT2D eigenvalue weighted by Gasteiger charge is -2.09. The third-order valence-electron chi connectivity index (χ3n) is 3.37. The topological polar surface area (TPSA) is 29.9 Å². The minimum absolute atomic E-state index is 0.743. The second-order valence-corrected chi connectivity index (χ2v) is 5.12. The summed E-state index contributed by atoms with van der Waals surface area (Å²) >= 11 is 0. The van der Waals surface area contributed by atoms with E-state index < -0.39 is 0 Å². The first-order chi connectivity index (χ1) is 8.81. The number of benzene rings is 1. The van der Waals surface area contributed by atoms with E-state index in [0.717, 1.165) is 19.1 Å². The van der Waals surface area contributed by atoms with E-state index in [-0.39, 0.29) is 0 Å². The van der Waals surface area contributed by atoms with Gasteiger partial charge in [-0.25, -0.2) is 0 Å². The van der Waals surface area contributed by atoms with Gasteiger partial charge in [-0.1, -0.05) is 29.8 Å². The van der Waals surface area contributed by atoms with Crippen molar-refractivity contribution in [2.45, 2.75) is 38.9 Å². The van der Waals surface area contributed by atoms with Crippen molar-refractivity contribution in [2.75, 3.05) is 0 Å². The second kappa shape index (κ2) is 4.94. The van der Waals surface area contributed by atoms with Gasteiger partial charge in [-0.3, -0.25) is 4.68 Å². The Morgan fingerprint density at radius 2 is 2.22 bits per heavy atom. The largest absolute Gasteiger partial charge is 0.308 e. The summed E-state index contributed by atoms with van der Waals surface area (Å²) in [7, 11) is 0. The van der Waals surface area contributed by atoms with Gasteiger partial charge in [0.15, 0.2) is 0 Å². The lowest BCUT2D eigenvalue weighted by Crippen LogP contribution is -2.18. The predicted molar refractivity (Wildman–Crippen MR) is 72.4 cm³/mol. The lowest BCUT2D eigenvalue weighted by molar-refractivity contribution is 0.593. The first-order valence-electron chi connectivity index (χ1n) is 6.61. The summed E-state index contributed by atoms with van der Waals surface area (Å²) in [6.07, 6.45) is 4.54. The molecule has 0 amide bonds. The van der Waals surface area contributed by atoms with Crippen LogP contribution in [-0.4, -0.2) is 15.8 Å². The Labute approximate surface area is 108 Å². The van der Waals surface area contributed by atoms with Crippen LogP contribution in [0.3, 0.4) is 0 Å². The Hall–Kier alpha value is -1.61. The normalized spacial score (nSPS) is 14.9. The van der Waals surface area contributed by atoms with Crippen LogP contribution in [0.2, 0.25) is 0 Å². The maximum atomic E-state index is 4.42. The Morgan fingerprint density at radius 3 is 3.00 bits per heavy atom. The number of hydrogen-bond donors (Lipinski definition) is 1. The van der Waals surface area contributed by atoms with Crippen molar-refractivity contribution < 1.29 is 0 Å². The van der Waals surface area contributed by atoms with Crippen molar-refractivity contribution in [2.24, 2.45) is 0 Å². The van der Waals surface area contributed by atoms with Crippen LogP contribution in [0.1, 0.15) is 29.7 Å². The molecule has 0 unspecified atom stereocenters. The molecule has 1 aliphatic carbocycles. The highest BCUT2D eigenvalue weighted by Gasteiger charge is 2.20. The summed E-state index contributed by atoms with van der Waals surface area (Å²) in [5, 5.41) is 7.95. The van der Waals surface area contributed by atoms with E-state index in [1.54, 1.807) is 0 Å². The molecule has 3 rings (SSSR count). The molecule has 1 saturated carbocycles. The molecule has 0 spiro atoms. The van der Waals surface area contributed by atoms with Gasteiger partial charge in [0.2, 0.25) is 0 Å². The van der Waals surface area contributed by atoms with E-state index >= 15 is 0 Å².